The minimum Gasteiger partial charge on any atom is -0.369 e. The van der Waals surface area contributed by atoms with Crippen molar-refractivity contribution in [3.05, 3.63) is 57.5 Å². The number of nitrogens with zero attached hydrogens (tertiary/aromatic N) is 1. The second kappa shape index (κ2) is 5.48. The molecule has 4 N–H and O–H groups in total. The van der Waals surface area contributed by atoms with E-state index >= 15 is 0 Å². The van der Waals surface area contributed by atoms with Crippen molar-refractivity contribution in [2.24, 2.45) is 0 Å². The van der Waals surface area contributed by atoms with Gasteiger partial charge in [-0.15, -0.1) is 0 Å². The molecular weight excluding hydrogens is 280 g/mol. The molecule has 6 nitrogen and oxygen atoms in total. The Morgan fingerprint density at radius 3 is 2.64 bits per heavy atom. The number of carbonyl (C=O) groups excluding carboxylic acids is 1. The lowest BCUT2D eigenvalue weighted by atomic mass is 10.0. The maximum Gasteiger partial charge on any atom is 0.262 e. The Hall–Kier alpha value is -2.89. The molecule has 22 heavy (non-hydrogen) atoms. The standard InChI is InChI=1S/C16H16N4O2/c1-9(21)11-5-2-10(3-6-11)4-7-12-8-18-14-13(12)15(22)20-16(17)19-14/h2-3,5-6,8H,4,7H2,1H3,(H4,17,18,19,20,22). The third-order valence-corrected chi connectivity index (χ3v) is 3.69. The predicted molar refractivity (Wildman–Crippen MR) is 85.0 cm³/mol. The molecule has 112 valence electrons. The highest BCUT2D eigenvalue weighted by molar-refractivity contribution is 5.94. The fourth-order valence-electron chi connectivity index (χ4n) is 2.50. The number of hydrogen-bond acceptors (Lipinski definition) is 4. The lowest BCUT2D eigenvalue weighted by molar-refractivity contribution is 0.101. The highest BCUT2D eigenvalue weighted by Gasteiger charge is 2.10. The number of aryl methyl sites for hydroxylation is 2. The van der Waals surface area contributed by atoms with Gasteiger partial charge in [0.1, 0.15) is 5.65 Å². The Kier molecular flexibility index (Phi) is 3.50. The molecule has 3 rings (SSSR count). The van der Waals surface area contributed by atoms with E-state index in [1.807, 2.05) is 24.3 Å². The minimum atomic E-state index is -0.231. The second-order valence-electron chi connectivity index (χ2n) is 5.24. The average Bonchev–Trinajstić information content (AvgIpc) is 2.88. The summed E-state index contributed by atoms with van der Waals surface area (Å²) in [5.74, 6) is 0.157. The fourth-order valence-corrected chi connectivity index (χ4v) is 2.50. The van der Waals surface area contributed by atoms with Gasteiger partial charge < -0.3 is 10.7 Å². The maximum absolute atomic E-state index is 12.0. The van der Waals surface area contributed by atoms with Gasteiger partial charge in [0.05, 0.1) is 5.39 Å². The van der Waals surface area contributed by atoms with Gasteiger partial charge in [-0.1, -0.05) is 24.3 Å². The largest absolute Gasteiger partial charge is 0.369 e. The molecule has 0 aliphatic rings. The van der Waals surface area contributed by atoms with E-state index in [0.717, 1.165) is 17.5 Å². The summed E-state index contributed by atoms with van der Waals surface area (Å²) in [6, 6.07) is 7.52. The molecule has 0 atom stereocenters. The van der Waals surface area contributed by atoms with E-state index in [1.165, 1.54) is 0 Å². The van der Waals surface area contributed by atoms with Gasteiger partial charge in [-0.05, 0) is 30.9 Å². The number of aromatic nitrogens is 3. The first-order chi connectivity index (χ1) is 10.5. The molecule has 3 aromatic rings. The summed E-state index contributed by atoms with van der Waals surface area (Å²) in [7, 11) is 0. The van der Waals surface area contributed by atoms with Gasteiger partial charge in [-0.3, -0.25) is 14.6 Å². The van der Waals surface area contributed by atoms with Gasteiger partial charge in [0.25, 0.3) is 5.56 Å². The zero-order chi connectivity index (χ0) is 15.7. The summed E-state index contributed by atoms with van der Waals surface area (Å²) in [5.41, 5.74) is 8.51. The van der Waals surface area contributed by atoms with Crippen LogP contribution in [0, 0.1) is 0 Å². The van der Waals surface area contributed by atoms with Crippen LogP contribution in [-0.2, 0) is 12.8 Å². The Labute approximate surface area is 126 Å². The van der Waals surface area contributed by atoms with Crippen LogP contribution in [0.3, 0.4) is 0 Å². The predicted octanol–water partition coefficient (Wildman–Crippen LogP) is 1.82. The van der Waals surface area contributed by atoms with Crippen LogP contribution < -0.4 is 11.3 Å². The second-order valence-corrected chi connectivity index (χ2v) is 5.24. The van der Waals surface area contributed by atoms with Crippen molar-refractivity contribution in [1.29, 1.82) is 0 Å². The summed E-state index contributed by atoms with van der Waals surface area (Å²) in [6.07, 6.45) is 3.26. The van der Waals surface area contributed by atoms with Crippen molar-refractivity contribution in [2.45, 2.75) is 19.8 Å². The van der Waals surface area contributed by atoms with E-state index in [0.29, 0.717) is 23.0 Å². The number of carbonyl (C=O) groups is 1. The zero-order valence-corrected chi connectivity index (χ0v) is 12.1. The number of Topliss-reactive ketones (excluding diaryl/α,β-unsaturated/α-hetero) is 1. The highest BCUT2D eigenvalue weighted by atomic mass is 16.1. The quantitative estimate of drug-likeness (QED) is 0.639. The molecule has 0 saturated carbocycles. The Balaban J connectivity index is 1.82. The number of nitrogens with one attached hydrogen (secondary N) is 2. The van der Waals surface area contributed by atoms with Gasteiger partial charge in [-0.25, -0.2) is 0 Å². The molecule has 0 aliphatic heterocycles. The van der Waals surface area contributed by atoms with Crippen LogP contribution in [0.1, 0.15) is 28.4 Å². The third kappa shape index (κ3) is 2.63. The smallest absolute Gasteiger partial charge is 0.262 e. The Morgan fingerprint density at radius 1 is 1.23 bits per heavy atom. The van der Waals surface area contributed by atoms with Crippen LogP contribution in [0.2, 0.25) is 0 Å². The maximum atomic E-state index is 12.0. The van der Waals surface area contributed by atoms with Gasteiger partial charge in [0.2, 0.25) is 5.95 Å². The number of H-pyrrole nitrogens is 2. The van der Waals surface area contributed by atoms with E-state index in [9.17, 15) is 9.59 Å². The van der Waals surface area contributed by atoms with Crippen molar-refractivity contribution >= 4 is 22.8 Å². The van der Waals surface area contributed by atoms with E-state index in [4.69, 9.17) is 5.73 Å². The van der Waals surface area contributed by atoms with Gasteiger partial charge >= 0.3 is 0 Å². The minimum absolute atomic E-state index is 0.0541. The van der Waals surface area contributed by atoms with Crippen molar-refractivity contribution in [3.8, 4) is 0 Å². The van der Waals surface area contributed by atoms with Crippen molar-refractivity contribution in [3.63, 3.8) is 0 Å². The summed E-state index contributed by atoms with van der Waals surface area (Å²) >= 11 is 0. The molecule has 0 unspecified atom stereocenters. The van der Waals surface area contributed by atoms with Crippen molar-refractivity contribution in [2.75, 3.05) is 5.73 Å². The first-order valence-electron chi connectivity index (χ1n) is 7.00. The monoisotopic (exact) mass is 296 g/mol. The van der Waals surface area contributed by atoms with Crippen LogP contribution in [-0.4, -0.2) is 20.7 Å². The summed E-state index contributed by atoms with van der Waals surface area (Å²) in [6.45, 7) is 1.55. The number of fused-ring (bicyclic) bond motifs is 1. The SMILES string of the molecule is CC(=O)c1ccc(CCc2c[nH]c3nc(N)[nH]c(=O)c23)cc1. The zero-order valence-electron chi connectivity index (χ0n) is 12.1. The number of hydrogen-bond donors (Lipinski definition) is 3. The summed E-state index contributed by atoms with van der Waals surface area (Å²) in [5, 5.41) is 0.551. The van der Waals surface area contributed by atoms with Crippen LogP contribution in [0.25, 0.3) is 11.0 Å². The van der Waals surface area contributed by atoms with Crippen molar-refractivity contribution in [1.82, 2.24) is 15.0 Å². The lowest BCUT2D eigenvalue weighted by Gasteiger charge is -2.02. The number of aromatic amines is 2. The number of rotatable bonds is 4. The molecule has 0 amide bonds. The molecule has 2 aromatic heterocycles. The summed E-state index contributed by atoms with van der Waals surface area (Å²) < 4.78 is 0. The van der Waals surface area contributed by atoms with Crippen LogP contribution >= 0.6 is 0 Å². The van der Waals surface area contributed by atoms with Crippen molar-refractivity contribution < 1.29 is 4.79 Å². The first-order valence-corrected chi connectivity index (χ1v) is 7.00. The number of nitrogens with two attached hydrogens (primary N) is 1. The molecule has 0 aliphatic carbocycles. The van der Waals surface area contributed by atoms with E-state index in [1.54, 1.807) is 13.1 Å². The molecule has 0 fully saturated rings. The summed E-state index contributed by atoms with van der Waals surface area (Å²) in [4.78, 5) is 32.8. The van der Waals surface area contributed by atoms with Crippen LogP contribution in [0.5, 0.6) is 0 Å². The van der Waals surface area contributed by atoms with E-state index in [2.05, 4.69) is 15.0 Å². The first kappa shape index (κ1) is 14.1. The molecule has 2 heterocycles. The highest BCUT2D eigenvalue weighted by Crippen LogP contribution is 2.16. The Bertz CT molecular complexity index is 891. The topological polar surface area (TPSA) is 105 Å². The van der Waals surface area contributed by atoms with Gasteiger partial charge in [0, 0.05) is 11.8 Å². The molecular formula is C16H16N4O2. The van der Waals surface area contributed by atoms with E-state index < -0.39 is 0 Å². The van der Waals surface area contributed by atoms with E-state index in [-0.39, 0.29) is 17.3 Å². The average molecular weight is 296 g/mol. The molecule has 0 radical (unpaired) electrons. The number of benzene rings is 1. The van der Waals surface area contributed by atoms with Crippen LogP contribution in [0.4, 0.5) is 5.95 Å². The van der Waals surface area contributed by atoms with Crippen LogP contribution in [0.15, 0.2) is 35.3 Å². The molecule has 0 bridgehead atoms. The lowest BCUT2D eigenvalue weighted by Crippen LogP contribution is -2.11. The fraction of sp³-hybridized carbons (Fsp3) is 0.188. The Morgan fingerprint density at radius 2 is 1.95 bits per heavy atom. The molecule has 1 aromatic carbocycles. The van der Waals surface area contributed by atoms with Gasteiger partial charge in [0.15, 0.2) is 5.78 Å². The number of nitrogen functional groups attached to an aromatic ring is 1. The third-order valence-electron chi connectivity index (χ3n) is 3.69. The molecule has 0 saturated heterocycles. The number of anilines is 1. The number of ketones is 1. The molecule has 6 heteroatoms. The normalized spacial score (nSPS) is 11.0. The van der Waals surface area contributed by atoms with Gasteiger partial charge in [-0.2, -0.15) is 4.98 Å². The molecule has 0 spiro atoms.